The lowest BCUT2D eigenvalue weighted by Gasteiger charge is -2.27. The Kier molecular flexibility index (Phi) is 5.47. The van der Waals surface area contributed by atoms with Gasteiger partial charge in [-0.3, -0.25) is 19.1 Å². The molecule has 0 radical (unpaired) electrons. The summed E-state index contributed by atoms with van der Waals surface area (Å²) in [5.41, 5.74) is 3.17. The third-order valence-electron chi connectivity index (χ3n) is 6.46. The van der Waals surface area contributed by atoms with Crippen molar-refractivity contribution in [2.75, 3.05) is 13.2 Å². The summed E-state index contributed by atoms with van der Waals surface area (Å²) in [5, 5.41) is 10.2. The van der Waals surface area contributed by atoms with Crippen LogP contribution >= 0.6 is 0 Å². The number of pyridine rings is 2. The molecule has 1 aliphatic heterocycles. The Balaban J connectivity index is 1.49. The Hall–Kier alpha value is -3.92. The molecule has 4 heterocycles. The molecule has 4 aromatic rings. The van der Waals surface area contributed by atoms with E-state index in [2.05, 4.69) is 9.55 Å². The first-order valence-electron chi connectivity index (χ1n) is 10.9. The van der Waals surface area contributed by atoms with Crippen LogP contribution in [0.1, 0.15) is 16.8 Å². The van der Waals surface area contributed by atoms with Gasteiger partial charge in [0, 0.05) is 67.2 Å². The highest BCUT2D eigenvalue weighted by Crippen LogP contribution is 2.32. The number of fused-ring (bicyclic) bond motifs is 3. The molecular formula is C25H21F3N4O3. The van der Waals surface area contributed by atoms with Gasteiger partial charge in [-0.2, -0.15) is 13.2 Å². The third-order valence-corrected chi connectivity index (χ3v) is 6.46. The highest BCUT2D eigenvalue weighted by molar-refractivity contribution is 5.88. The molecule has 3 aromatic heterocycles. The average Bonchev–Trinajstić information content (AvgIpc) is 3.13. The molecule has 0 fully saturated rings. The number of aliphatic hydroxyl groups is 1. The van der Waals surface area contributed by atoms with Gasteiger partial charge in [0.25, 0.3) is 5.56 Å². The van der Waals surface area contributed by atoms with Crippen LogP contribution in [0, 0.1) is 0 Å². The fraction of sp³-hybridized carbons (Fsp3) is 0.240. The van der Waals surface area contributed by atoms with Crippen LogP contribution in [0.25, 0.3) is 27.8 Å². The Morgan fingerprint density at radius 3 is 2.60 bits per heavy atom. The zero-order valence-corrected chi connectivity index (χ0v) is 18.7. The first kappa shape index (κ1) is 22.9. The predicted molar refractivity (Wildman–Crippen MR) is 123 cm³/mol. The second-order valence-electron chi connectivity index (χ2n) is 8.46. The van der Waals surface area contributed by atoms with E-state index >= 15 is 0 Å². The van der Waals surface area contributed by atoms with Crippen LogP contribution in [0.2, 0.25) is 0 Å². The number of carbonyl (C=O) groups excluding carboxylic acids is 1. The van der Waals surface area contributed by atoms with Crippen molar-refractivity contribution in [3.63, 3.8) is 0 Å². The third kappa shape index (κ3) is 3.99. The molecule has 1 aromatic carbocycles. The average molecular weight is 482 g/mol. The summed E-state index contributed by atoms with van der Waals surface area (Å²) in [6, 6.07) is 10.8. The van der Waals surface area contributed by atoms with E-state index in [9.17, 15) is 27.9 Å². The largest absolute Gasteiger partial charge is 0.417 e. The highest BCUT2D eigenvalue weighted by Gasteiger charge is 2.30. The number of carbonyl (C=O) groups is 1. The summed E-state index contributed by atoms with van der Waals surface area (Å²) in [7, 11) is 1.94. The SMILES string of the molecule is Cn1c2c(c3ccc(-n4ccc(-c5ccc(C(F)(F)F)cn5)cc4=O)cc31)CN(C(=O)CO)CC2. The van der Waals surface area contributed by atoms with E-state index in [0.717, 1.165) is 34.4 Å². The van der Waals surface area contributed by atoms with Crippen LogP contribution in [-0.4, -0.2) is 43.2 Å². The summed E-state index contributed by atoms with van der Waals surface area (Å²) in [4.78, 5) is 30.3. The molecule has 35 heavy (non-hydrogen) atoms. The van der Waals surface area contributed by atoms with Crippen molar-refractivity contribution >= 4 is 16.8 Å². The smallest absolute Gasteiger partial charge is 0.387 e. The molecule has 0 unspecified atom stereocenters. The second kappa shape index (κ2) is 8.38. The van der Waals surface area contributed by atoms with Gasteiger partial charge in [0.2, 0.25) is 5.91 Å². The normalized spacial score (nSPS) is 13.8. The van der Waals surface area contributed by atoms with Crippen molar-refractivity contribution in [1.29, 1.82) is 0 Å². The van der Waals surface area contributed by atoms with E-state index in [-0.39, 0.29) is 17.2 Å². The van der Waals surface area contributed by atoms with Crippen LogP contribution in [0.3, 0.4) is 0 Å². The Bertz CT molecular complexity index is 1500. The minimum absolute atomic E-state index is 0.273. The predicted octanol–water partition coefficient (Wildman–Crippen LogP) is 3.29. The van der Waals surface area contributed by atoms with Crippen molar-refractivity contribution in [3.05, 3.63) is 82.0 Å². The molecule has 1 N–H and O–H groups in total. The van der Waals surface area contributed by atoms with Crippen LogP contribution in [0.4, 0.5) is 13.2 Å². The molecule has 1 aliphatic rings. The lowest BCUT2D eigenvalue weighted by atomic mass is 10.0. The zero-order valence-electron chi connectivity index (χ0n) is 18.7. The van der Waals surface area contributed by atoms with Gasteiger partial charge in [-0.05, 0) is 30.3 Å². The molecule has 180 valence electrons. The topological polar surface area (TPSA) is 80.4 Å². The van der Waals surface area contributed by atoms with Crippen LogP contribution < -0.4 is 5.56 Å². The summed E-state index contributed by atoms with van der Waals surface area (Å²) in [6.07, 6.45) is -1.49. The van der Waals surface area contributed by atoms with E-state index in [1.165, 1.54) is 16.7 Å². The number of halogens is 3. The van der Waals surface area contributed by atoms with Crippen molar-refractivity contribution in [2.45, 2.75) is 19.1 Å². The first-order valence-corrected chi connectivity index (χ1v) is 10.9. The number of aromatic nitrogens is 3. The first-order chi connectivity index (χ1) is 16.7. The molecule has 1 amide bonds. The number of rotatable bonds is 3. The second-order valence-corrected chi connectivity index (χ2v) is 8.46. The summed E-state index contributed by atoms with van der Waals surface area (Å²) < 4.78 is 41.9. The van der Waals surface area contributed by atoms with Crippen molar-refractivity contribution in [2.24, 2.45) is 7.05 Å². The van der Waals surface area contributed by atoms with E-state index in [1.54, 1.807) is 17.2 Å². The van der Waals surface area contributed by atoms with Crippen LogP contribution in [-0.2, 0) is 31.0 Å². The number of nitrogens with zero attached hydrogens (tertiary/aromatic N) is 4. The number of aryl methyl sites for hydroxylation is 1. The number of alkyl halides is 3. The number of hydrogen-bond donors (Lipinski definition) is 1. The number of amides is 1. The van der Waals surface area contributed by atoms with Crippen molar-refractivity contribution < 1.29 is 23.1 Å². The monoisotopic (exact) mass is 482 g/mol. The maximum atomic E-state index is 12.9. The van der Waals surface area contributed by atoms with Gasteiger partial charge in [-0.1, -0.05) is 6.07 Å². The standard InChI is InChI=1S/C25H21F3N4O3/c1-30-21-7-8-31(24(35)14-33)13-19(21)18-4-3-17(11-22(18)30)32-9-6-15(10-23(32)34)20-5-2-16(12-29-20)25(26,27)28/h2-6,9-12,33H,7-8,13-14H2,1H3. The van der Waals surface area contributed by atoms with Crippen molar-refractivity contribution in [3.8, 4) is 16.9 Å². The van der Waals surface area contributed by atoms with E-state index in [0.29, 0.717) is 30.8 Å². The van der Waals surface area contributed by atoms with Gasteiger partial charge in [0.1, 0.15) is 6.61 Å². The van der Waals surface area contributed by atoms with Gasteiger partial charge in [-0.25, -0.2) is 0 Å². The summed E-state index contributed by atoms with van der Waals surface area (Å²) in [5.74, 6) is -0.307. The maximum Gasteiger partial charge on any atom is 0.417 e. The minimum atomic E-state index is -4.48. The molecule has 7 nitrogen and oxygen atoms in total. The van der Waals surface area contributed by atoms with Gasteiger partial charge < -0.3 is 14.6 Å². The molecule has 0 saturated heterocycles. The quantitative estimate of drug-likeness (QED) is 0.486. The summed E-state index contributed by atoms with van der Waals surface area (Å²) >= 11 is 0. The van der Waals surface area contributed by atoms with E-state index in [1.807, 2.05) is 25.2 Å². The molecule has 0 saturated carbocycles. The molecule has 0 aliphatic carbocycles. The summed E-state index contributed by atoms with van der Waals surface area (Å²) in [6.45, 7) is 0.424. The lowest BCUT2D eigenvalue weighted by Crippen LogP contribution is -2.37. The van der Waals surface area contributed by atoms with Gasteiger partial charge in [0.15, 0.2) is 0 Å². The molecular weight excluding hydrogens is 461 g/mol. The minimum Gasteiger partial charge on any atom is -0.387 e. The molecule has 0 atom stereocenters. The van der Waals surface area contributed by atoms with E-state index in [4.69, 9.17) is 0 Å². The van der Waals surface area contributed by atoms with Crippen molar-refractivity contribution in [1.82, 2.24) is 19.0 Å². The maximum absolute atomic E-state index is 12.9. The van der Waals surface area contributed by atoms with Gasteiger partial charge >= 0.3 is 6.18 Å². The molecule has 10 heteroatoms. The Morgan fingerprint density at radius 1 is 1.14 bits per heavy atom. The highest BCUT2D eigenvalue weighted by atomic mass is 19.4. The molecule has 5 rings (SSSR count). The lowest BCUT2D eigenvalue weighted by molar-refractivity contribution is -0.138. The zero-order chi connectivity index (χ0) is 24.9. The fourth-order valence-electron chi connectivity index (χ4n) is 4.61. The number of hydrogen-bond acceptors (Lipinski definition) is 4. The van der Waals surface area contributed by atoms with Gasteiger partial charge in [-0.15, -0.1) is 0 Å². The Morgan fingerprint density at radius 2 is 1.94 bits per heavy atom. The molecule has 0 spiro atoms. The molecule has 0 bridgehead atoms. The van der Waals surface area contributed by atoms with Crippen LogP contribution in [0.15, 0.2) is 59.7 Å². The number of benzene rings is 1. The van der Waals surface area contributed by atoms with E-state index < -0.39 is 18.3 Å². The Labute approximate surface area is 197 Å². The fourth-order valence-corrected chi connectivity index (χ4v) is 4.61. The number of aliphatic hydroxyl groups excluding tert-OH is 1. The van der Waals surface area contributed by atoms with Crippen LogP contribution in [0.5, 0.6) is 0 Å². The van der Waals surface area contributed by atoms with Gasteiger partial charge in [0.05, 0.1) is 22.5 Å².